The van der Waals surface area contributed by atoms with Crippen LogP contribution in [-0.2, 0) is 4.79 Å². The number of nitrogens with zero attached hydrogens (tertiary/aromatic N) is 2. The largest absolute Gasteiger partial charge is 0.455 e. The number of carbonyl (C=O) groups excluding carboxylic acids is 1. The van der Waals surface area contributed by atoms with Crippen molar-refractivity contribution in [1.29, 1.82) is 0 Å². The van der Waals surface area contributed by atoms with E-state index in [9.17, 15) is 14.9 Å². The average molecular weight is 426 g/mol. The first-order valence-electron chi connectivity index (χ1n) is 8.00. The van der Waals surface area contributed by atoms with Crippen molar-refractivity contribution >= 4 is 52.9 Å². The van der Waals surface area contributed by atoms with Gasteiger partial charge in [0, 0.05) is 29.2 Å². The van der Waals surface area contributed by atoms with E-state index in [4.69, 9.17) is 16.0 Å². The van der Waals surface area contributed by atoms with Gasteiger partial charge in [-0.1, -0.05) is 11.6 Å². The number of amides is 1. The minimum absolute atomic E-state index is 0.0792. The zero-order valence-corrected chi connectivity index (χ0v) is 16.7. The summed E-state index contributed by atoms with van der Waals surface area (Å²) in [5, 5.41) is 15.2. The van der Waals surface area contributed by atoms with Crippen LogP contribution in [0.3, 0.4) is 0 Å². The molecule has 2 heterocycles. The molecule has 1 aliphatic rings. The third-order valence-corrected chi connectivity index (χ3v) is 7.44. The van der Waals surface area contributed by atoms with Crippen LogP contribution in [0.25, 0.3) is 11.3 Å². The molecule has 142 valence electrons. The van der Waals surface area contributed by atoms with Crippen LogP contribution in [0.2, 0.25) is 5.02 Å². The first-order chi connectivity index (χ1) is 12.9. The van der Waals surface area contributed by atoms with E-state index in [2.05, 4.69) is 17.5 Å². The van der Waals surface area contributed by atoms with E-state index in [-0.39, 0.29) is 15.7 Å². The Hall–Kier alpha value is -1.97. The van der Waals surface area contributed by atoms with Crippen LogP contribution >= 0.6 is 35.1 Å². The fourth-order valence-electron chi connectivity index (χ4n) is 2.54. The van der Waals surface area contributed by atoms with E-state index in [1.807, 2.05) is 0 Å². The summed E-state index contributed by atoms with van der Waals surface area (Å²) in [6.45, 7) is 2.06. The van der Waals surface area contributed by atoms with Crippen LogP contribution in [0.5, 0.6) is 0 Å². The second-order valence-electron chi connectivity index (χ2n) is 5.92. The van der Waals surface area contributed by atoms with Crippen molar-refractivity contribution in [2.75, 3.05) is 11.5 Å². The second kappa shape index (κ2) is 8.37. The van der Waals surface area contributed by atoms with Crippen LogP contribution in [-0.4, -0.2) is 32.6 Å². The number of thioether (sulfide) groups is 2. The molecule has 2 aromatic rings. The summed E-state index contributed by atoms with van der Waals surface area (Å²) in [6.07, 6.45) is 1.76. The minimum atomic E-state index is -0.498. The van der Waals surface area contributed by atoms with Crippen LogP contribution < -0.4 is 5.43 Å². The molecule has 0 radical (unpaired) electrons. The highest BCUT2D eigenvalue weighted by molar-refractivity contribution is 8.21. The van der Waals surface area contributed by atoms with E-state index < -0.39 is 4.92 Å². The van der Waals surface area contributed by atoms with Gasteiger partial charge in [-0.3, -0.25) is 14.9 Å². The molecule has 1 fully saturated rings. The molecule has 0 spiro atoms. The van der Waals surface area contributed by atoms with Gasteiger partial charge in [-0.05, 0) is 25.1 Å². The van der Waals surface area contributed by atoms with Gasteiger partial charge in [-0.15, -0.1) is 23.5 Å². The predicted molar refractivity (Wildman–Crippen MR) is 109 cm³/mol. The number of nitro benzene ring substituents is 1. The monoisotopic (exact) mass is 425 g/mol. The zero-order chi connectivity index (χ0) is 19.4. The van der Waals surface area contributed by atoms with Crippen molar-refractivity contribution in [2.24, 2.45) is 5.10 Å². The topological polar surface area (TPSA) is 97.7 Å². The molecule has 0 atom stereocenters. The van der Waals surface area contributed by atoms with Gasteiger partial charge in [0.15, 0.2) is 0 Å². The zero-order valence-electron chi connectivity index (χ0n) is 14.3. The van der Waals surface area contributed by atoms with E-state index in [0.717, 1.165) is 11.5 Å². The molecule has 3 rings (SSSR count). The third kappa shape index (κ3) is 5.06. The number of nitrogens with one attached hydrogen (secondary N) is 1. The summed E-state index contributed by atoms with van der Waals surface area (Å²) in [5.41, 5.74) is 2.83. The highest BCUT2D eigenvalue weighted by Gasteiger charge is 2.32. The van der Waals surface area contributed by atoms with Crippen molar-refractivity contribution in [3.63, 3.8) is 0 Å². The molecule has 1 N–H and O–H groups in total. The number of hydrogen-bond acceptors (Lipinski definition) is 7. The molecule has 10 heteroatoms. The van der Waals surface area contributed by atoms with Crippen molar-refractivity contribution < 1.29 is 14.1 Å². The number of furan rings is 1. The van der Waals surface area contributed by atoms with Crippen molar-refractivity contribution in [3.05, 3.63) is 51.2 Å². The minimum Gasteiger partial charge on any atom is -0.455 e. The molecule has 0 unspecified atom stereocenters. The van der Waals surface area contributed by atoms with Gasteiger partial charge in [0.1, 0.15) is 11.5 Å². The smallest absolute Gasteiger partial charge is 0.270 e. The van der Waals surface area contributed by atoms with E-state index in [0.29, 0.717) is 28.5 Å². The normalized spacial score (nSPS) is 15.9. The van der Waals surface area contributed by atoms with Gasteiger partial charge in [0.2, 0.25) is 5.91 Å². The Kier molecular flexibility index (Phi) is 6.13. The lowest BCUT2D eigenvalue weighted by Gasteiger charge is -2.19. The van der Waals surface area contributed by atoms with Crippen molar-refractivity contribution in [1.82, 2.24) is 5.43 Å². The second-order valence-corrected chi connectivity index (χ2v) is 9.79. The van der Waals surface area contributed by atoms with Crippen LogP contribution in [0.4, 0.5) is 5.69 Å². The van der Waals surface area contributed by atoms with Gasteiger partial charge >= 0.3 is 0 Å². The number of non-ortho nitro benzene ring substituents is 1. The van der Waals surface area contributed by atoms with Gasteiger partial charge < -0.3 is 4.42 Å². The Morgan fingerprint density at radius 3 is 2.85 bits per heavy atom. The van der Waals surface area contributed by atoms with Crippen LogP contribution in [0.15, 0.2) is 39.9 Å². The van der Waals surface area contributed by atoms with Gasteiger partial charge in [0.25, 0.3) is 5.69 Å². The third-order valence-electron chi connectivity index (χ3n) is 3.81. The molecule has 27 heavy (non-hydrogen) atoms. The van der Waals surface area contributed by atoms with E-state index in [1.165, 1.54) is 24.4 Å². The standard InChI is InChI=1S/C17H16ClN3O4S2/c1-17(26-6-7-27-17)9-16(22)20-19-10-12-3-5-15(25-12)13-8-11(21(23)24)2-4-14(13)18/h2-5,8,10H,6-7,9H2,1H3,(H,20,22)/b19-10-. The Bertz CT molecular complexity index is 894. The molecular formula is C17H16ClN3O4S2. The number of halogens is 1. The van der Waals surface area contributed by atoms with Crippen molar-refractivity contribution in [2.45, 2.75) is 17.4 Å². The molecule has 1 aromatic heterocycles. The van der Waals surface area contributed by atoms with E-state index in [1.54, 1.807) is 35.7 Å². The SMILES string of the molecule is CC1(CC(=O)N/N=C\c2ccc(-c3cc([N+](=O)[O-])ccc3Cl)o2)SCCS1. The molecule has 7 nitrogen and oxygen atoms in total. The number of hydrogen-bond donors (Lipinski definition) is 1. The quantitative estimate of drug-likeness (QED) is 0.414. The maximum absolute atomic E-state index is 12.0. The summed E-state index contributed by atoms with van der Waals surface area (Å²) < 4.78 is 5.50. The lowest BCUT2D eigenvalue weighted by atomic mass is 10.1. The maximum Gasteiger partial charge on any atom is 0.270 e. The summed E-state index contributed by atoms with van der Waals surface area (Å²) >= 11 is 9.67. The van der Waals surface area contributed by atoms with Crippen LogP contribution in [0.1, 0.15) is 19.1 Å². The lowest BCUT2D eigenvalue weighted by Crippen LogP contribution is -2.26. The number of benzene rings is 1. The molecular weight excluding hydrogens is 410 g/mol. The van der Waals surface area contributed by atoms with Crippen molar-refractivity contribution in [3.8, 4) is 11.3 Å². The number of carbonyl (C=O) groups is 1. The first-order valence-corrected chi connectivity index (χ1v) is 10.4. The lowest BCUT2D eigenvalue weighted by molar-refractivity contribution is -0.384. The molecule has 1 aromatic carbocycles. The Labute approximate surface area is 169 Å². The number of nitro groups is 1. The Morgan fingerprint density at radius 2 is 2.15 bits per heavy atom. The Balaban J connectivity index is 1.64. The summed E-state index contributed by atoms with van der Waals surface area (Å²) in [4.78, 5) is 22.4. The number of rotatable bonds is 6. The van der Waals surface area contributed by atoms with Gasteiger partial charge in [-0.2, -0.15) is 5.10 Å². The summed E-state index contributed by atoms with van der Waals surface area (Å²) in [7, 11) is 0. The maximum atomic E-state index is 12.0. The van der Waals surface area contributed by atoms with Gasteiger partial charge in [-0.25, -0.2) is 5.43 Å². The molecule has 0 saturated carbocycles. The molecule has 1 aliphatic heterocycles. The fourth-order valence-corrected chi connectivity index (χ4v) is 5.58. The average Bonchev–Trinajstić information content (AvgIpc) is 3.24. The predicted octanol–water partition coefficient (Wildman–Crippen LogP) is 4.54. The highest BCUT2D eigenvalue weighted by Crippen LogP contribution is 2.45. The highest BCUT2D eigenvalue weighted by atomic mass is 35.5. The fraction of sp³-hybridized carbons (Fsp3) is 0.294. The molecule has 1 saturated heterocycles. The molecule has 0 aliphatic carbocycles. The first kappa shape index (κ1) is 19.8. The number of hydrazone groups is 1. The summed E-state index contributed by atoms with van der Waals surface area (Å²) in [6, 6.07) is 7.41. The molecule has 0 bridgehead atoms. The van der Waals surface area contributed by atoms with Crippen LogP contribution in [0, 0.1) is 10.1 Å². The molecule has 1 amide bonds. The van der Waals surface area contributed by atoms with E-state index >= 15 is 0 Å². The Morgan fingerprint density at radius 1 is 1.41 bits per heavy atom. The summed E-state index contributed by atoms with van der Waals surface area (Å²) in [5.74, 6) is 2.70. The van der Waals surface area contributed by atoms with Gasteiger partial charge in [0.05, 0.1) is 26.7 Å².